The Kier molecular flexibility index (Phi) is 8.73. The Morgan fingerprint density at radius 2 is 1.56 bits per heavy atom. The monoisotopic (exact) mass is 531 g/mol. The SMILES string of the molecule is Cc1cc(CCC2CN(C(O)Oc3ccccc3)CC2C(=O)c2ccccc2)cc(C)c1OC(C)(C)C(=O)O. The molecule has 7 nitrogen and oxygen atoms in total. The predicted octanol–water partition coefficient (Wildman–Crippen LogP) is 5.26. The average Bonchev–Trinajstić information content (AvgIpc) is 3.34. The van der Waals surface area contributed by atoms with E-state index in [1.54, 1.807) is 12.1 Å². The van der Waals surface area contributed by atoms with E-state index in [1.807, 2.05) is 79.4 Å². The van der Waals surface area contributed by atoms with Crippen molar-refractivity contribution in [1.82, 2.24) is 4.90 Å². The summed E-state index contributed by atoms with van der Waals surface area (Å²) in [5, 5.41) is 20.3. The van der Waals surface area contributed by atoms with Crippen LogP contribution in [-0.4, -0.2) is 52.0 Å². The molecule has 3 aromatic carbocycles. The van der Waals surface area contributed by atoms with Crippen molar-refractivity contribution in [3.05, 3.63) is 95.1 Å². The van der Waals surface area contributed by atoms with Crippen LogP contribution < -0.4 is 9.47 Å². The van der Waals surface area contributed by atoms with Gasteiger partial charge in [-0.25, -0.2) is 9.69 Å². The zero-order valence-electron chi connectivity index (χ0n) is 23.0. The zero-order valence-corrected chi connectivity index (χ0v) is 23.0. The third kappa shape index (κ3) is 6.85. The average molecular weight is 532 g/mol. The van der Waals surface area contributed by atoms with Crippen molar-refractivity contribution in [2.45, 2.75) is 52.6 Å². The van der Waals surface area contributed by atoms with Gasteiger partial charge in [0.15, 0.2) is 11.4 Å². The van der Waals surface area contributed by atoms with Gasteiger partial charge in [-0.15, -0.1) is 0 Å². The molecule has 0 saturated carbocycles. The largest absolute Gasteiger partial charge is 0.478 e. The van der Waals surface area contributed by atoms with Crippen molar-refractivity contribution >= 4 is 11.8 Å². The number of ketones is 1. The Morgan fingerprint density at radius 3 is 2.15 bits per heavy atom. The van der Waals surface area contributed by atoms with Gasteiger partial charge >= 0.3 is 5.97 Å². The number of aryl methyl sites for hydroxylation is 3. The smallest absolute Gasteiger partial charge is 0.347 e. The molecule has 0 bridgehead atoms. The first-order valence-electron chi connectivity index (χ1n) is 13.3. The van der Waals surface area contributed by atoms with Crippen LogP contribution in [-0.2, 0) is 11.2 Å². The number of carbonyl (C=O) groups excluding carboxylic acids is 1. The number of carboxylic acid groups (broad SMARTS) is 1. The summed E-state index contributed by atoms with van der Waals surface area (Å²) < 4.78 is 11.6. The minimum Gasteiger partial charge on any atom is -0.478 e. The van der Waals surface area contributed by atoms with Crippen molar-refractivity contribution in [3.8, 4) is 11.5 Å². The molecule has 7 heteroatoms. The number of aliphatic hydroxyl groups excluding tert-OH is 1. The molecule has 39 heavy (non-hydrogen) atoms. The molecule has 1 aliphatic rings. The molecule has 0 spiro atoms. The fourth-order valence-electron chi connectivity index (χ4n) is 5.18. The van der Waals surface area contributed by atoms with E-state index >= 15 is 0 Å². The minimum atomic E-state index is -1.34. The summed E-state index contributed by atoms with van der Waals surface area (Å²) in [4.78, 5) is 26.9. The van der Waals surface area contributed by atoms with Crippen LogP contribution in [0.2, 0.25) is 0 Å². The lowest BCUT2D eigenvalue weighted by molar-refractivity contribution is -0.152. The number of hydrogen-bond acceptors (Lipinski definition) is 6. The number of nitrogens with zero attached hydrogens (tertiary/aromatic N) is 1. The summed E-state index contributed by atoms with van der Waals surface area (Å²) >= 11 is 0. The first-order valence-corrected chi connectivity index (χ1v) is 13.3. The van der Waals surface area contributed by atoms with Crippen LogP contribution in [0.15, 0.2) is 72.8 Å². The van der Waals surface area contributed by atoms with Crippen LogP contribution in [0, 0.1) is 25.7 Å². The second-order valence-corrected chi connectivity index (χ2v) is 10.8. The lowest BCUT2D eigenvalue weighted by atomic mass is 9.84. The van der Waals surface area contributed by atoms with Crippen LogP contribution in [0.4, 0.5) is 0 Å². The molecule has 4 rings (SSSR count). The Balaban J connectivity index is 1.50. The lowest BCUT2D eigenvalue weighted by Crippen LogP contribution is -2.38. The molecule has 3 atom stereocenters. The molecule has 0 aliphatic carbocycles. The summed E-state index contributed by atoms with van der Waals surface area (Å²) in [6, 6.07) is 22.5. The first-order chi connectivity index (χ1) is 18.5. The van der Waals surface area contributed by atoms with Crippen LogP contribution in [0.25, 0.3) is 0 Å². The first kappa shape index (κ1) is 28.3. The van der Waals surface area contributed by atoms with Gasteiger partial charge in [-0.1, -0.05) is 60.7 Å². The second-order valence-electron chi connectivity index (χ2n) is 10.8. The molecule has 1 heterocycles. The number of hydrogen-bond donors (Lipinski definition) is 2. The van der Waals surface area contributed by atoms with Crippen molar-refractivity contribution in [2.75, 3.05) is 13.1 Å². The molecule has 0 amide bonds. The van der Waals surface area contributed by atoms with Crippen molar-refractivity contribution < 1.29 is 29.3 Å². The number of ether oxygens (including phenoxy) is 2. The Hall–Kier alpha value is -3.68. The number of aliphatic hydroxyl groups is 1. The molecular formula is C32H37NO6. The minimum absolute atomic E-state index is 0.0224. The fraction of sp³-hybridized carbons (Fsp3) is 0.375. The Morgan fingerprint density at radius 1 is 0.974 bits per heavy atom. The summed E-state index contributed by atoms with van der Waals surface area (Å²) in [6.45, 7) is 7.84. The molecule has 206 valence electrons. The van der Waals surface area contributed by atoms with Gasteiger partial charge in [0, 0.05) is 24.6 Å². The molecule has 0 radical (unpaired) electrons. The highest BCUT2D eigenvalue weighted by Crippen LogP contribution is 2.34. The standard InChI is InChI=1S/C32H37NO6/c1-21-17-23(18-22(2)29(21)39-32(3,4)30(35)36)15-16-25-19-33(31(37)38-26-13-9-6-10-14-26)20-27(25)28(34)24-11-7-5-8-12-24/h5-14,17-18,25,27,31,37H,15-16,19-20H2,1-4H3,(H,35,36). The number of benzene rings is 3. The molecule has 2 N–H and O–H groups in total. The number of Topliss-reactive ketones (excluding diaryl/α,β-unsaturated/α-hetero) is 1. The van der Waals surface area contributed by atoms with Crippen molar-refractivity contribution in [3.63, 3.8) is 0 Å². The number of para-hydroxylation sites is 1. The molecule has 3 aromatic rings. The number of aliphatic carboxylic acids is 1. The highest BCUT2D eigenvalue weighted by atomic mass is 16.6. The van der Waals surface area contributed by atoms with Crippen LogP contribution in [0.3, 0.4) is 0 Å². The predicted molar refractivity (Wildman–Crippen MR) is 149 cm³/mol. The Labute approximate surface area is 230 Å². The summed E-state index contributed by atoms with van der Waals surface area (Å²) in [5.74, 6) is -0.0576. The molecule has 3 unspecified atom stereocenters. The van der Waals surface area contributed by atoms with Gasteiger partial charge < -0.3 is 19.7 Å². The second kappa shape index (κ2) is 12.0. The molecular weight excluding hydrogens is 494 g/mol. The maximum atomic E-state index is 13.5. The van der Waals surface area contributed by atoms with Gasteiger partial charge in [0.1, 0.15) is 11.5 Å². The van der Waals surface area contributed by atoms with Gasteiger partial charge in [-0.05, 0) is 75.3 Å². The van der Waals surface area contributed by atoms with E-state index in [9.17, 15) is 19.8 Å². The van der Waals surface area contributed by atoms with Crippen LogP contribution >= 0.6 is 0 Å². The van der Waals surface area contributed by atoms with Gasteiger partial charge in [-0.3, -0.25) is 4.79 Å². The normalized spacial score (nSPS) is 18.5. The van der Waals surface area contributed by atoms with Crippen molar-refractivity contribution in [1.29, 1.82) is 0 Å². The van der Waals surface area contributed by atoms with E-state index in [2.05, 4.69) is 0 Å². The van der Waals surface area contributed by atoms with E-state index in [0.29, 0.717) is 30.2 Å². The van der Waals surface area contributed by atoms with Crippen molar-refractivity contribution in [2.24, 2.45) is 11.8 Å². The van der Waals surface area contributed by atoms with E-state index in [-0.39, 0.29) is 17.6 Å². The fourth-order valence-corrected chi connectivity index (χ4v) is 5.18. The summed E-state index contributed by atoms with van der Waals surface area (Å²) in [5.41, 5.74) is 2.17. The molecule has 1 fully saturated rings. The maximum Gasteiger partial charge on any atom is 0.347 e. The van der Waals surface area contributed by atoms with Gasteiger partial charge in [0.25, 0.3) is 6.41 Å². The quantitative estimate of drug-likeness (QED) is 0.257. The van der Waals surface area contributed by atoms with Crippen LogP contribution in [0.5, 0.6) is 11.5 Å². The van der Waals surface area contributed by atoms with E-state index in [0.717, 1.165) is 29.5 Å². The van der Waals surface area contributed by atoms with E-state index in [4.69, 9.17) is 9.47 Å². The molecule has 1 aliphatic heterocycles. The third-order valence-electron chi connectivity index (χ3n) is 7.36. The number of likely N-dealkylation sites (tertiary alicyclic amines) is 1. The topological polar surface area (TPSA) is 96.3 Å². The Bertz CT molecular complexity index is 1270. The van der Waals surface area contributed by atoms with Gasteiger partial charge in [0.2, 0.25) is 0 Å². The summed E-state index contributed by atoms with van der Waals surface area (Å²) in [6.07, 6.45) is 0.330. The highest BCUT2D eigenvalue weighted by Gasteiger charge is 2.40. The van der Waals surface area contributed by atoms with Crippen LogP contribution in [0.1, 0.15) is 47.3 Å². The lowest BCUT2D eigenvalue weighted by Gasteiger charge is -2.25. The highest BCUT2D eigenvalue weighted by molar-refractivity contribution is 5.98. The summed E-state index contributed by atoms with van der Waals surface area (Å²) in [7, 11) is 0. The maximum absolute atomic E-state index is 13.5. The van der Waals surface area contributed by atoms with Gasteiger partial charge in [0.05, 0.1) is 0 Å². The van der Waals surface area contributed by atoms with E-state index < -0.39 is 18.0 Å². The van der Waals surface area contributed by atoms with Gasteiger partial charge in [-0.2, -0.15) is 0 Å². The number of carboxylic acids is 1. The number of rotatable bonds is 11. The molecule has 1 saturated heterocycles. The van der Waals surface area contributed by atoms with E-state index in [1.165, 1.54) is 13.8 Å². The molecule has 0 aromatic heterocycles. The third-order valence-corrected chi connectivity index (χ3v) is 7.36. The zero-order chi connectivity index (χ0) is 28.2. The number of carbonyl (C=O) groups is 2.